The zero-order valence-electron chi connectivity index (χ0n) is 12.4. The Balaban J connectivity index is 1.89. The van der Waals surface area contributed by atoms with Gasteiger partial charge >= 0.3 is 0 Å². The molecule has 19 heavy (non-hydrogen) atoms. The minimum Gasteiger partial charge on any atom is -0.352 e. The number of amides is 1. The summed E-state index contributed by atoms with van der Waals surface area (Å²) < 4.78 is 0. The van der Waals surface area contributed by atoms with Crippen LogP contribution in [-0.2, 0) is 4.79 Å². The molecule has 0 aromatic carbocycles. The lowest BCUT2D eigenvalue weighted by atomic mass is 9.67. The molecule has 0 radical (unpaired) electrons. The maximum Gasteiger partial charge on any atom is 0.234 e. The van der Waals surface area contributed by atoms with E-state index < -0.39 is 0 Å². The second-order valence-corrected chi connectivity index (χ2v) is 6.24. The third-order valence-corrected chi connectivity index (χ3v) is 4.97. The topological polar surface area (TPSA) is 58.4 Å². The zero-order chi connectivity index (χ0) is 13.8. The van der Waals surface area contributed by atoms with Crippen molar-refractivity contribution in [1.82, 2.24) is 10.2 Å². The van der Waals surface area contributed by atoms with Gasteiger partial charge in [-0.15, -0.1) is 0 Å². The molecule has 2 aliphatic rings. The Bertz CT molecular complexity index is 290. The minimum atomic E-state index is 0.195. The van der Waals surface area contributed by atoms with Crippen LogP contribution < -0.4 is 11.1 Å². The molecule has 0 heterocycles. The minimum absolute atomic E-state index is 0.195. The summed E-state index contributed by atoms with van der Waals surface area (Å²) in [7, 11) is 0. The Hall–Kier alpha value is -0.610. The number of fused-ring (bicyclic) bond motifs is 2. The standard InChI is InChI=1S/C15H29N3O/c1-3-18(4-2)10-14(19)17-15-11-6-5-7-12(15)9-13(16)8-11/h11-13,15H,3-10,16H2,1-2H3,(H,17,19). The average Bonchev–Trinajstić information content (AvgIpc) is 2.37. The van der Waals surface area contributed by atoms with Crippen LogP contribution in [0.5, 0.6) is 0 Å². The highest BCUT2D eigenvalue weighted by Crippen LogP contribution is 2.39. The summed E-state index contributed by atoms with van der Waals surface area (Å²) in [4.78, 5) is 14.3. The molecule has 0 spiro atoms. The molecule has 3 N–H and O–H groups in total. The van der Waals surface area contributed by atoms with Crippen molar-refractivity contribution in [3.8, 4) is 0 Å². The van der Waals surface area contributed by atoms with Gasteiger partial charge in [0.25, 0.3) is 0 Å². The summed E-state index contributed by atoms with van der Waals surface area (Å²) in [6, 6.07) is 0.739. The number of carbonyl (C=O) groups is 1. The zero-order valence-corrected chi connectivity index (χ0v) is 12.4. The summed E-state index contributed by atoms with van der Waals surface area (Å²) in [6.07, 6.45) is 5.96. The number of hydrogen-bond acceptors (Lipinski definition) is 3. The van der Waals surface area contributed by atoms with Gasteiger partial charge in [-0.2, -0.15) is 0 Å². The Morgan fingerprint density at radius 3 is 2.32 bits per heavy atom. The van der Waals surface area contributed by atoms with Crippen molar-refractivity contribution >= 4 is 5.91 Å². The van der Waals surface area contributed by atoms with Crippen LogP contribution in [0.1, 0.15) is 46.0 Å². The lowest BCUT2D eigenvalue weighted by molar-refractivity contribution is -0.124. The number of carbonyl (C=O) groups excluding carboxylic acids is 1. The SMILES string of the molecule is CCN(CC)CC(=O)NC1C2CCCC1CC(N)C2. The highest BCUT2D eigenvalue weighted by Gasteiger charge is 2.39. The Labute approximate surface area is 117 Å². The third-order valence-electron chi connectivity index (χ3n) is 4.97. The van der Waals surface area contributed by atoms with E-state index in [-0.39, 0.29) is 5.91 Å². The van der Waals surface area contributed by atoms with Gasteiger partial charge in [0.15, 0.2) is 0 Å². The van der Waals surface area contributed by atoms with Crippen molar-refractivity contribution in [1.29, 1.82) is 0 Å². The van der Waals surface area contributed by atoms with Gasteiger partial charge in [-0.1, -0.05) is 20.3 Å². The normalized spacial score (nSPS) is 34.3. The fourth-order valence-corrected chi connectivity index (χ4v) is 3.91. The first-order valence-electron chi connectivity index (χ1n) is 7.91. The van der Waals surface area contributed by atoms with Crippen molar-refractivity contribution in [2.45, 2.75) is 58.0 Å². The smallest absolute Gasteiger partial charge is 0.234 e. The van der Waals surface area contributed by atoms with Crippen molar-refractivity contribution < 1.29 is 4.79 Å². The number of hydrogen-bond donors (Lipinski definition) is 2. The van der Waals surface area contributed by atoms with Crippen LogP contribution in [0.3, 0.4) is 0 Å². The molecule has 2 bridgehead atoms. The first kappa shape index (κ1) is 14.8. The van der Waals surface area contributed by atoms with Crippen LogP contribution in [0.2, 0.25) is 0 Å². The lowest BCUT2D eigenvalue weighted by Gasteiger charge is -2.45. The number of nitrogens with one attached hydrogen (secondary N) is 1. The summed E-state index contributed by atoms with van der Waals surface area (Å²) >= 11 is 0. The van der Waals surface area contributed by atoms with E-state index in [9.17, 15) is 4.79 Å². The van der Waals surface area contributed by atoms with Crippen LogP contribution in [0.4, 0.5) is 0 Å². The van der Waals surface area contributed by atoms with E-state index in [0.29, 0.717) is 30.5 Å². The molecule has 2 fully saturated rings. The fourth-order valence-electron chi connectivity index (χ4n) is 3.91. The maximum absolute atomic E-state index is 12.2. The quantitative estimate of drug-likeness (QED) is 0.790. The van der Waals surface area contributed by atoms with Crippen LogP contribution in [0.15, 0.2) is 0 Å². The van der Waals surface area contributed by atoms with Gasteiger partial charge in [-0.3, -0.25) is 9.69 Å². The molecule has 0 aliphatic heterocycles. The van der Waals surface area contributed by atoms with Crippen LogP contribution >= 0.6 is 0 Å². The van der Waals surface area contributed by atoms with E-state index in [4.69, 9.17) is 5.73 Å². The monoisotopic (exact) mass is 267 g/mol. The number of likely N-dealkylation sites (N-methyl/N-ethyl adjacent to an activating group) is 1. The number of nitrogens with two attached hydrogens (primary N) is 1. The van der Waals surface area contributed by atoms with Crippen LogP contribution in [-0.4, -0.2) is 42.5 Å². The van der Waals surface area contributed by atoms with Gasteiger partial charge in [0, 0.05) is 12.1 Å². The summed E-state index contributed by atoms with van der Waals surface area (Å²) in [5, 5.41) is 3.30. The van der Waals surface area contributed by atoms with Crippen molar-refractivity contribution in [3.05, 3.63) is 0 Å². The summed E-state index contributed by atoms with van der Waals surface area (Å²) in [5.74, 6) is 1.42. The first-order valence-corrected chi connectivity index (χ1v) is 7.91. The molecule has 0 saturated heterocycles. The van der Waals surface area contributed by atoms with Gasteiger partial charge < -0.3 is 11.1 Å². The van der Waals surface area contributed by atoms with E-state index in [0.717, 1.165) is 25.9 Å². The van der Waals surface area contributed by atoms with Gasteiger partial charge in [0.05, 0.1) is 6.54 Å². The highest BCUT2D eigenvalue weighted by atomic mass is 16.2. The van der Waals surface area contributed by atoms with Gasteiger partial charge in [0.1, 0.15) is 0 Å². The van der Waals surface area contributed by atoms with Gasteiger partial charge in [0.2, 0.25) is 5.91 Å². The molecule has 4 nitrogen and oxygen atoms in total. The Morgan fingerprint density at radius 2 is 1.79 bits per heavy atom. The molecular formula is C15H29N3O. The summed E-state index contributed by atoms with van der Waals surface area (Å²) in [5.41, 5.74) is 6.12. The molecule has 1 amide bonds. The largest absolute Gasteiger partial charge is 0.352 e. The van der Waals surface area contributed by atoms with Crippen LogP contribution in [0.25, 0.3) is 0 Å². The molecule has 2 rings (SSSR count). The molecule has 0 aromatic heterocycles. The molecule has 2 aliphatic carbocycles. The van der Waals surface area contributed by atoms with Gasteiger partial charge in [-0.25, -0.2) is 0 Å². The van der Waals surface area contributed by atoms with E-state index in [1.807, 2.05) is 0 Å². The first-order chi connectivity index (χ1) is 9.13. The number of rotatable bonds is 5. The van der Waals surface area contributed by atoms with Gasteiger partial charge in [-0.05, 0) is 50.6 Å². The molecule has 2 unspecified atom stereocenters. The molecule has 2 atom stereocenters. The van der Waals surface area contributed by atoms with E-state index >= 15 is 0 Å². The van der Waals surface area contributed by atoms with E-state index in [2.05, 4.69) is 24.1 Å². The fraction of sp³-hybridized carbons (Fsp3) is 0.933. The highest BCUT2D eigenvalue weighted by molar-refractivity contribution is 5.78. The third kappa shape index (κ3) is 3.69. The van der Waals surface area contributed by atoms with Crippen molar-refractivity contribution in [3.63, 3.8) is 0 Å². The average molecular weight is 267 g/mol. The lowest BCUT2D eigenvalue weighted by Crippen LogP contribution is -2.55. The predicted molar refractivity (Wildman–Crippen MR) is 77.8 cm³/mol. The van der Waals surface area contributed by atoms with E-state index in [1.54, 1.807) is 0 Å². The summed E-state index contributed by atoms with van der Waals surface area (Å²) in [6.45, 7) is 6.61. The Kier molecular flexibility index (Phi) is 5.22. The van der Waals surface area contributed by atoms with Crippen molar-refractivity contribution in [2.75, 3.05) is 19.6 Å². The molecule has 0 aromatic rings. The molecule has 110 valence electrons. The van der Waals surface area contributed by atoms with Crippen molar-refractivity contribution in [2.24, 2.45) is 17.6 Å². The predicted octanol–water partition coefficient (Wildman–Crippen LogP) is 1.35. The second kappa shape index (κ2) is 6.71. The number of nitrogens with zero attached hydrogens (tertiary/aromatic N) is 1. The molecule has 2 saturated carbocycles. The molecular weight excluding hydrogens is 238 g/mol. The van der Waals surface area contributed by atoms with Crippen LogP contribution in [0, 0.1) is 11.8 Å². The molecule has 4 heteroatoms. The Morgan fingerprint density at radius 1 is 1.21 bits per heavy atom. The second-order valence-electron chi connectivity index (χ2n) is 6.24. The maximum atomic E-state index is 12.2. The van der Waals surface area contributed by atoms with E-state index in [1.165, 1.54) is 19.3 Å².